The van der Waals surface area contributed by atoms with Crippen LogP contribution in [0.15, 0.2) is 23.3 Å². The van der Waals surface area contributed by atoms with Crippen molar-refractivity contribution in [2.24, 2.45) is 0 Å². The Morgan fingerprint density at radius 1 is 1.41 bits per heavy atom. The van der Waals surface area contributed by atoms with E-state index in [1.165, 1.54) is 22.9 Å². The summed E-state index contributed by atoms with van der Waals surface area (Å²) in [4.78, 5) is 31.8. The number of nitrogens with one attached hydrogen (secondary N) is 1. The lowest BCUT2D eigenvalue weighted by molar-refractivity contribution is -0.116. The summed E-state index contributed by atoms with van der Waals surface area (Å²) in [5.74, 6) is 0.140. The maximum absolute atomic E-state index is 12.9. The molecule has 2 heterocycles. The number of amides is 1. The van der Waals surface area contributed by atoms with Crippen molar-refractivity contribution in [3.63, 3.8) is 0 Å². The number of halogens is 1. The van der Waals surface area contributed by atoms with Crippen molar-refractivity contribution in [2.45, 2.75) is 32.7 Å². The SMILES string of the molecule is COc1cc(Cl)c(C)cc1NC(=O)Cn1cnc2sc3c(c2c1=O)CCC3. The van der Waals surface area contributed by atoms with E-state index in [0.29, 0.717) is 21.8 Å². The second kappa shape index (κ2) is 6.98. The Labute approximate surface area is 164 Å². The van der Waals surface area contributed by atoms with Gasteiger partial charge in [0.05, 0.1) is 24.5 Å². The van der Waals surface area contributed by atoms with Crippen LogP contribution in [0, 0.1) is 6.92 Å². The minimum atomic E-state index is -0.329. The van der Waals surface area contributed by atoms with Crippen molar-refractivity contribution in [3.8, 4) is 5.75 Å². The lowest BCUT2D eigenvalue weighted by Gasteiger charge is -2.13. The molecular weight excluding hydrogens is 386 g/mol. The summed E-state index contributed by atoms with van der Waals surface area (Å²) in [5.41, 5.74) is 2.29. The number of hydrogen-bond acceptors (Lipinski definition) is 5. The molecule has 0 spiro atoms. The van der Waals surface area contributed by atoms with Gasteiger partial charge in [-0.15, -0.1) is 11.3 Å². The van der Waals surface area contributed by atoms with E-state index in [2.05, 4.69) is 10.3 Å². The van der Waals surface area contributed by atoms with E-state index < -0.39 is 0 Å². The molecule has 8 heteroatoms. The van der Waals surface area contributed by atoms with Crippen molar-refractivity contribution in [1.82, 2.24) is 9.55 Å². The summed E-state index contributed by atoms with van der Waals surface area (Å²) in [6.07, 6.45) is 4.43. The third-order valence-corrected chi connectivity index (χ3v) is 6.37. The fourth-order valence-electron chi connectivity index (χ4n) is 3.41. The first-order chi connectivity index (χ1) is 13.0. The second-order valence-electron chi connectivity index (χ2n) is 6.56. The summed E-state index contributed by atoms with van der Waals surface area (Å²) in [5, 5.41) is 4.02. The molecule has 0 saturated heterocycles. The normalized spacial score (nSPS) is 13.0. The summed E-state index contributed by atoms with van der Waals surface area (Å²) in [7, 11) is 1.51. The molecule has 0 radical (unpaired) electrons. The average Bonchev–Trinajstić information content (AvgIpc) is 3.21. The average molecular weight is 404 g/mol. The van der Waals surface area contributed by atoms with Gasteiger partial charge in [0, 0.05) is 16.0 Å². The van der Waals surface area contributed by atoms with Crippen molar-refractivity contribution < 1.29 is 9.53 Å². The lowest BCUT2D eigenvalue weighted by Crippen LogP contribution is -2.28. The minimum Gasteiger partial charge on any atom is -0.495 e. The number of rotatable bonds is 4. The number of carbonyl (C=O) groups excluding carboxylic acids is 1. The fraction of sp³-hybridized carbons (Fsp3) is 0.316. The van der Waals surface area contributed by atoms with Gasteiger partial charge in [-0.1, -0.05) is 11.6 Å². The number of aryl methyl sites for hydroxylation is 3. The van der Waals surface area contributed by atoms with Gasteiger partial charge >= 0.3 is 0 Å². The number of methoxy groups -OCH3 is 1. The predicted octanol–water partition coefficient (Wildman–Crippen LogP) is 3.56. The molecule has 3 aromatic rings. The molecule has 1 N–H and O–H groups in total. The van der Waals surface area contributed by atoms with Gasteiger partial charge < -0.3 is 10.1 Å². The van der Waals surface area contributed by atoms with Gasteiger partial charge in [0.15, 0.2) is 0 Å². The highest BCUT2D eigenvalue weighted by Crippen LogP contribution is 2.34. The minimum absolute atomic E-state index is 0.114. The first-order valence-electron chi connectivity index (χ1n) is 8.61. The van der Waals surface area contributed by atoms with E-state index in [0.717, 1.165) is 35.2 Å². The Morgan fingerprint density at radius 2 is 2.22 bits per heavy atom. The Hall–Kier alpha value is -2.38. The smallest absolute Gasteiger partial charge is 0.262 e. The van der Waals surface area contributed by atoms with E-state index in [1.807, 2.05) is 6.92 Å². The van der Waals surface area contributed by atoms with Crippen LogP contribution in [-0.2, 0) is 24.2 Å². The Kier molecular flexibility index (Phi) is 4.65. The zero-order valence-electron chi connectivity index (χ0n) is 15.0. The van der Waals surface area contributed by atoms with Crippen LogP contribution >= 0.6 is 22.9 Å². The highest BCUT2D eigenvalue weighted by atomic mass is 35.5. The molecule has 1 aliphatic rings. The molecular formula is C19H18ClN3O3S. The number of hydrogen-bond donors (Lipinski definition) is 1. The largest absolute Gasteiger partial charge is 0.495 e. The van der Waals surface area contributed by atoms with Crippen molar-refractivity contribution in [2.75, 3.05) is 12.4 Å². The van der Waals surface area contributed by atoms with Crippen molar-refractivity contribution in [1.29, 1.82) is 0 Å². The van der Waals surface area contributed by atoms with Gasteiger partial charge in [-0.05, 0) is 43.4 Å². The number of nitrogens with zero attached hydrogens (tertiary/aromatic N) is 2. The first-order valence-corrected chi connectivity index (χ1v) is 9.81. The quantitative estimate of drug-likeness (QED) is 0.722. The summed E-state index contributed by atoms with van der Waals surface area (Å²) in [6, 6.07) is 3.40. The monoisotopic (exact) mass is 403 g/mol. The van der Waals surface area contributed by atoms with E-state index >= 15 is 0 Å². The number of ether oxygens (including phenoxy) is 1. The van der Waals surface area contributed by atoms with Gasteiger partial charge in [0.25, 0.3) is 5.56 Å². The van der Waals surface area contributed by atoms with Gasteiger partial charge in [-0.3, -0.25) is 14.2 Å². The molecule has 0 fully saturated rings. The predicted molar refractivity (Wildman–Crippen MR) is 107 cm³/mol. The van der Waals surface area contributed by atoms with Crippen LogP contribution < -0.4 is 15.6 Å². The molecule has 2 aromatic heterocycles. The molecule has 0 saturated carbocycles. The lowest BCUT2D eigenvalue weighted by atomic mass is 10.2. The van der Waals surface area contributed by atoms with Crippen LogP contribution in [0.3, 0.4) is 0 Å². The van der Waals surface area contributed by atoms with Gasteiger partial charge in [0.1, 0.15) is 17.1 Å². The molecule has 140 valence electrons. The molecule has 1 amide bonds. The first kappa shape index (κ1) is 18.0. The third kappa shape index (κ3) is 3.21. The molecule has 27 heavy (non-hydrogen) atoms. The number of aromatic nitrogens is 2. The summed E-state index contributed by atoms with van der Waals surface area (Å²) >= 11 is 7.68. The van der Waals surface area contributed by atoms with Gasteiger partial charge in [0.2, 0.25) is 5.91 Å². The van der Waals surface area contributed by atoms with Crippen LogP contribution in [0.25, 0.3) is 10.2 Å². The Balaban J connectivity index is 1.61. The zero-order valence-corrected chi connectivity index (χ0v) is 16.5. The fourth-order valence-corrected chi connectivity index (χ4v) is 4.78. The number of fused-ring (bicyclic) bond motifs is 3. The summed E-state index contributed by atoms with van der Waals surface area (Å²) < 4.78 is 6.63. The highest BCUT2D eigenvalue weighted by molar-refractivity contribution is 7.18. The zero-order chi connectivity index (χ0) is 19.1. The molecule has 0 unspecified atom stereocenters. The molecule has 1 aromatic carbocycles. The molecule has 1 aliphatic carbocycles. The van der Waals surface area contributed by atoms with Gasteiger partial charge in [-0.25, -0.2) is 4.98 Å². The summed E-state index contributed by atoms with van der Waals surface area (Å²) in [6.45, 7) is 1.73. The van der Waals surface area contributed by atoms with E-state index in [9.17, 15) is 9.59 Å². The maximum Gasteiger partial charge on any atom is 0.262 e. The standard InChI is InChI=1S/C19H18ClN3O3S/c1-10-6-13(14(26-2)7-12(10)20)22-16(24)8-23-9-21-18-17(19(23)25)11-4-3-5-15(11)27-18/h6-7,9H,3-5,8H2,1-2H3,(H,22,24). The topological polar surface area (TPSA) is 73.2 Å². The van der Waals surface area contributed by atoms with E-state index in [4.69, 9.17) is 16.3 Å². The van der Waals surface area contributed by atoms with Crippen LogP contribution in [0.5, 0.6) is 5.75 Å². The van der Waals surface area contributed by atoms with Crippen LogP contribution in [0.2, 0.25) is 5.02 Å². The third-order valence-electron chi connectivity index (χ3n) is 4.76. The maximum atomic E-state index is 12.9. The molecule has 0 atom stereocenters. The highest BCUT2D eigenvalue weighted by Gasteiger charge is 2.22. The van der Waals surface area contributed by atoms with Gasteiger partial charge in [-0.2, -0.15) is 0 Å². The van der Waals surface area contributed by atoms with Crippen LogP contribution in [0.4, 0.5) is 5.69 Å². The van der Waals surface area contributed by atoms with Crippen LogP contribution in [0.1, 0.15) is 22.4 Å². The molecule has 0 bridgehead atoms. The van der Waals surface area contributed by atoms with Crippen molar-refractivity contribution in [3.05, 3.63) is 49.8 Å². The van der Waals surface area contributed by atoms with E-state index in [-0.39, 0.29) is 18.0 Å². The molecule has 0 aliphatic heterocycles. The molecule has 4 rings (SSSR count). The van der Waals surface area contributed by atoms with Crippen LogP contribution in [-0.4, -0.2) is 22.6 Å². The van der Waals surface area contributed by atoms with E-state index in [1.54, 1.807) is 23.5 Å². The second-order valence-corrected chi connectivity index (χ2v) is 8.06. The Morgan fingerprint density at radius 3 is 3.00 bits per heavy atom. The molecule has 6 nitrogen and oxygen atoms in total. The number of benzene rings is 1. The number of thiophene rings is 1. The number of anilines is 1. The Bertz CT molecular complexity index is 1120. The number of carbonyl (C=O) groups is 1. The van der Waals surface area contributed by atoms with Crippen molar-refractivity contribution >= 4 is 44.7 Å².